The van der Waals surface area contributed by atoms with Crippen molar-refractivity contribution < 1.29 is 17.9 Å². The van der Waals surface area contributed by atoms with Crippen molar-refractivity contribution in [1.82, 2.24) is 9.62 Å². The molecule has 3 aromatic rings. The second-order valence-electron chi connectivity index (χ2n) is 11.0. The van der Waals surface area contributed by atoms with Gasteiger partial charge in [-0.25, -0.2) is 13.1 Å². The van der Waals surface area contributed by atoms with Gasteiger partial charge >= 0.3 is 0 Å². The Morgan fingerprint density at radius 1 is 0.921 bits per heavy atom. The Labute approximate surface area is 227 Å². The van der Waals surface area contributed by atoms with Crippen molar-refractivity contribution in [2.24, 2.45) is 0 Å². The van der Waals surface area contributed by atoms with Gasteiger partial charge in [-0.3, -0.25) is 4.79 Å². The lowest BCUT2D eigenvalue weighted by Crippen LogP contribution is -2.32. The molecule has 0 fully saturated rings. The van der Waals surface area contributed by atoms with Crippen molar-refractivity contribution in [2.45, 2.75) is 63.8 Å². The maximum atomic E-state index is 13.1. The highest BCUT2D eigenvalue weighted by atomic mass is 32.2. The monoisotopic (exact) mass is 534 g/mol. The van der Waals surface area contributed by atoms with Crippen LogP contribution in [0, 0.1) is 0 Å². The first-order valence-corrected chi connectivity index (χ1v) is 14.6. The molecule has 0 spiro atoms. The third-order valence-corrected chi connectivity index (χ3v) is 8.29. The molecule has 0 bridgehead atoms. The molecule has 6 nitrogen and oxygen atoms in total. The molecule has 3 aromatic carbocycles. The van der Waals surface area contributed by atoms with Crippen molar-refractivity contribution in [3.05, 3.63) is 82.4 Å². The van der Waals surface area contributed by atoms with E-state index in [1.54, 1.807) is 24.3 Å². The molecule has 0 atom stereocenters. The molecule has 0 saturated heterocycles. The summed E-state index contributed by atoms with van der Waals surface area (Å²) in [4.78, 5) is 15.2. The number of nitrogens with zero attached hydrogens (tertiary/aromatic N) is 1. The molecular formula is C31H38N2O4S. The minimum atomic E-state index is -3.97. The smallest absolute Gasteiger partial charge is 0.264 e. The standard InChI is InChI=1S/C31H38N2O4S/c1-20(2)27-16-25(23-9-12-30-24(15-23)13-14-37-30)17-28(21(3)4)29(27)18-31(34)32-38(35,36)26-10-7-22(8-11-26)19-33(5)6/h7-12,15-17,20-21H,13-14,18-19H2,1-6H3,(H,32,34). The summed E-state index contributed by atoms with van der Waals surface area (Å²) in [6.45, 7) is 9.84. The summed E-state index contributed by atoms with van der Waals surface area (Å²) in [5.41, 5.74) is 7.45. The summed E-state index contributed by atoms with van der Waals surface area (Å²) in [7, 11) is -0.0664. The summed E-state index contributed by atoms with van der Waals surface area (Å²) >= 11 is 0. The summed E-state index contributed by atoms with van der Waals surface area (Å²) in [6.07, 6.45) is 0.902. The van der Waals surface area contributed by atoms with Gasteiger partial charge in [0.05, 0.1) is 17.9 Å². The fourth-order valence-electron chi connectivity index (χ4n) is 5.03. The van der Waals surface area contributed by atoms with Gasteiger partial charge < -0.3 is 9.64 Å². The highest BCUT2D eigenvalue weighted by molar-refractivity contribution is 7.90. The molecule has 0 radical (unpaired) electrons. The average Bonchev–Trinajstić information content (AvgIpc) is 3.31. The molecule has 1 heterocycles. The van der Waals surface area contributed by atoms with Crippen molar-refractivity contribution in [3.8, 4) is 16.9 Å². The zero-order valence-corrected chi connectivity index (χ0v) is 24.0. The van der Waals surface area contributed by atoms with Crippen molar-refractivity contribution >= 4 is 15.9 Å². The summed E-state index contributed by atoms with van der Waals surface area (Å²) < 4.78 is 33.9. The van der Waals surface area contributed by atoms with E-state index in [0.29, 0.717) is 13.2 Å². The number of sulfonamides is 1. The largest absolute Gasteiger partial charge is 0.493 e. The van der Waals surface area contributed by atoms with Crippen LogP contribution < -0.4 is 9.46 Å². The number of ether oxygens (including phenoxy) is 1. The van der Waals surface area contributed by atoms with Gasteiger partial charge in [0.15, 0.2) is 0 Å². The number of rotatable bonds is 9. The first-order valence-electron chi connectivity index (χ1n) is 13.2. The predicted molar refractivity (Wildman–Crippen MR) is 152 cm³/mol. The van der Waals surface area contributed by atoms with E-state index in [1.807, 2.05) is 25.1 Å². The number of carbonyl (C=O) groups is 1. The number of carbonyl (C=O) groups excluding carboxylic acids is 1. The molecule has 202 valence electrons. The lowest BCUT2D eigenvalue weighted by molar-refractivity contribution is -0.118. The van der Waals surface area contributed by atoms with Gasteiger partial charge in [0.2, 0.25) is 5.91 Å². The number of nitrogens with one attached hydrogen (secondary N) is 1. The lowest BCUT2D eigenvalue weighted by Gasteiger charge is -2.22. The van der Waals surface area contributed by atoms with Crippen LogP contribution >= 0.6 is 0 Å². The van der Waals surface area contributed by atoms with E-state index in [-0.39, 0.29) is 23.2 Å². The molecule has 1 N–H and O–H groups in total. The number of fused-ring (bicyclic) bond motifs is 1. The molecule has 0 aromatic heterocycles. The number of amides is 1. The van der Waals surface area contributed by atoms with Crippen LogP contribution in [0.1, 0.15) is 67.3 Å². The van der Waals surface area contributed by atoms with E-state index in [9.17, 15) is 13.2 Å². The van der Waals surface area contributed by atoms with Crippen molar-refractivity contribution in [3.63, 3.8) is 0 Å². The van der Waals surface area contributed by atoms with E-state index < -0.39 is 15.9 Å². The maximum Gasteiger partial charge on any atom is 0.264 e. The van der Waals surface area contributed by atoms with Crippen LogP contribution in [0.2, 0.25) is 0 Å². The van der Waals surface area contributed by atoms with Gasteiger partial charge in [-0.15, -0.1) is 0 Å². The van der Waals surface area contributed by atoms with Gasteiger partial charge in [-0.1, -0.05) is 58.0 Å². The van der Waals surface area contributed by atoms with Crippen molar-refractivity contribution in [1.29, 1.82) is 0 Å². The van der Waals surface area contributed by atoms with E-state index in [0.717, 1.165) is 45.6 Å². The fourth-order valence-corrected chi connectivity index (χ4v) is 6.01. The maximum absolute atomic E-state index is 13.1. The Kier molecular flexibility index (Phi) is 8.28. The van der Waals surface area contributed by atoms with Gasteiger partial charge in [0.25, 0.3) is 10.0 Å². The van der Waals surface area contributed by atoms with Gasteiger partial charge in [0, 0.05) is 13.0 Å². The van der Waals surface area contributed by atoms with Gasteiger partial charge in [-0.05, 0) is 89.1 Å². The van der Waals surface area contributed by atoms with Crippen LogP contribution in [0.15, 0.2) is 59.5 Å². The molecule has 1 amide bonds. The second-order valence-corrected chi connectivity index (χ2v) is 12.6. The van der Waals surface area contributed by atoms with Crippen LogP contribution in [0.25, 0.3) is 11.1 Å². The molecule has 0 unspecified atom stereocenters. The normalized spacial score (nSPS) is 13.2. The molecule has 4 rings (SSSR count). The zero-order chi connectivity index (χ0) is 27.6. The zero-order valence-electron chi connectivity index (χ0n) is 23.2. The Hall–Kier alpha value is -3.16. The lowest BCUT2D eigenvalue weighted by atomic mass is 9.83. The Balaban J connectivity index is 1.62. The molecule has 1 aliphatic heterocycles. The highest BCUT2D eigenvalue weighted by Gasteiger charge is 2.23. The van der Waals surface area contributed by atoms with Gasteiger partial charge in [-0.2, -0.15) is 0 Å². The van der Waals surface area contributed by atoms with Crippen LogP contribution in [-0.2, 0) is 34.2 Å². The molecule has 0 aliphatic carbocycles. The van der Waals surface area contributed by atoms with Crippen LogP contribution in [-0.4, -0.2) is 39.9 Å². The SMILES string of the molecule is CC(C)c1cc(-c2ccc3c(c2)CCO3)cc(C(C)C)c1CC(=O)NS(=O)(=O)c1ccc(CN(C)C)cc1. The molecule has 38 heavy (non-hydrogen) atoms. The minimum absolute atomic E-state index is 0.00270. The van der Waals surface area contributed by atoms with Crippen LogP contribution in [0.3, 0.4) is 0 Å². The van der Waals surface area contributed by atoms with E-state index in [2.05, 4.69) is 56.7 Å². The Morgan fingerprint density at radius 2 is 1.55 bits per heavy atom. The Bertz CT molecular complexity index is 1400. The Morgan fingerprint density at radius 3 is 2.13 bits per heavy atom. The molecular weight excluding hydrogens is 496 g/mol. The third-order valence-electron chi connectivity index (χ3n) is 6.90. The topological polar surface area (TPSA) is 75.7 Å². The highest BCUT2D eigenvalue weighted by Crippen LogP contribution is 2.36. The van der Waals surface area contributed by atoms with Crippen LogP contribution in [0.5, 0.6) is 5.75 Å². The van der Waals surface area contributed by atoms with E-state index in [4.69, 9.17) is 4.74 Å². The quantitative estimate of drug-likeness (QED) is 0.384. The molecule has 1 aliphatic rings. The van der Waals surface area contributed by atoms with Gasteiger partial charge in [0.1, 0.15) is 5.75 Å². The summed E-state index contributed by atoms with van der Waals surface area (Å²) in [6, 6.07) is 17.2. The minimum Gasteiger partial charge on any atom is -0.493 e. The first kappa shape index (κ1) is 27.9. The van der Waals surface area contributed by atoms with E-state index >= 15 is 0 Å². The molecule has 7 heteroatoms. The second kappa shape index (κ2) is 11.3. The average molecular weight is 535 g/mol. The summed E-state index contributed by atoms with van der Waals surface area (Å²) in [5.74, 6) is 0.736. The van der Waals surface area contributed by atoms with E-state index in [1.165, 1.54) is 5.56 Å². The summed E-state index contributed by atoms with van der Waals surface area (Å²) in [5, 5.41) is 0. The fraction of sp³-hybridized carbons (Fsp3) is 0.387. The number of hydrogen-bond acceptors (Lipinski definition) is 5. The first-order chi connectivity index (χ1) is 17.9. The predicted octanol–water partition coefficient (Wildman–Crippen LogP) is 5.64. The van der Waals surface area contributed by atoms with Crippen LogP contribution in [0.4, 0.5) is 0 Å². The third kappa shape index (κ3) is 6.27. The molecule has 0 saturated carbocycles. The number of hydrogen-bond donors (Lipinski definition) is 1. The number of benzene rings is 3. The van der Waals surface area contributed by atoms with Crippen molar-refractivity contribution in [2.75, 3.05) is 20.7 Å².